The molecular formula is C23H31N7O2S. The molecule has 9 nitrogen and oxygen atoms in total. The smallest absolute Gasteiger partial charge is 0.191 e. The summed E-state index contributed by atoms with van der Waals surface area (Å²) >= 11 is 1.61. The third kappa shape index (κ3) is 4.44. The second kappa shape index (κ2) is 9.54. The number of aromatic nitrogens is 5. The largest absolute Gasteiger partial charge is 0.390 e. The second-order valence-corrected chi connectivity index (χ2v) is 10.1. The number of thioether (sulfide) groups is 1. The van der Waals surface area contributed by atoms with Crippen molar-refractivity contribution in [3.63, 3.8) is 0 Å². The van der Waals surface area contributed by atoms with Crippen LogP contribution in [0.3, 0.4) is 0 Å². The summed E-state index contributed by atoms with van der Waals surface area (Å²) in [6.45, 7) is 2.76. The van der Waals surface area contributed by atoms with Gasteiger partial charge in [-0.25, -0.2) is 14.6 Å². The lowest BCUT2D eigenvalue weighted by molar-refractivity contribution is 0.00526. The second-order valence-electron chi connectivity index (χ2n) is 9.02. The summed E-state index contributed by atoms with van der Waals surface area (Å²) in [7, 11) is 1.85. The van der Waals surface area contributed by atoms with Crippen molar-refractivity contribution in [1.82, 2.24) is 30.3 Å². The van der Waals surface area contributed by atoms with Gasteiger partial charge in [0.2, 0.25) is 0 Å². The summed E-state index contributed by atoms with van der Waals surface area (Å²) < 4.78 is 1.68. The predicted octanol–water partition coefficient (Wildman–Crippen LogP) is 2.19. The van der Waals surface area contributed by atoms with Gasteiger partial charge in [-0.2, -0.15) is 0 Å². The molecule has 0 radical (unpaired) electrons. The van der Waals surface area contributed by atoms with Crippen LogP contribution >= 0.6 is 11.8 Å². The zero-order chi connectivity index (χ0) is 22.9. The Morgan fingerprint density at radius 2 is 1.94 bits per heavy atom. The Balaban J connectivity index is 1.45. The minimum Gasteiger partial charge on any atom is -0.390 e. The van der Waals surface area contributed by atoms with Gasteiger partial charge in [0.25, 0.3) is 0 Å². The van der Waals surface area contributed by atoms with E-state index in [2.05, 4.69) is 52.1 Å². The van der Waals surface area contributed by atoms with Crippen molar-refractivity contribution in [1.29, 1.82) is 0 Å². The van der Waals surface area contributed by atoms with Gasteiger partial charge in [0.1, 0.15) is 6.10 Å². The van der Waals surface area contributed by atoms with E-state index in [1.54, 1.807) is 16.4 Å². The number of rotatable bonds is 9. The molecular weight excluding hydrogens is 438 g/mol. The fraction of sp³-hybridized carbons (Fsp3) is 0.565. The Morgan fingerprint density at radius 3 is 2.70 bits per heavy atom. The van der Waals surface area contributed by atoms with Crippen LogP contribution in [0.1, 0.15) is 43.7 Å². The topological polar surface area (TPSA) is 121 Å². The minimum absolute atomic E-state index is 0.0549. The standard InChI is InChI=1S/C23H31N7O2S/c1-3-9-33-23-26-21(25-16-11-15(16)13-7-5-4-6-8-13)18-22(27-23)30(29-28-18)17-10-14(12-24-2)19(31)20(17)32/h4-8,14-17,19-20,24,31-32H,3,9-12H2,1-2H3,(H,25,26,27). The molecule has 33 heavy (non-hydrogen) atoms. The molecule has 6 unspecified atom stereocenters. The molecule has 6 atom stereocenters. The van der Waals surface area contributed by atoms with Crippen molar-refractivity contribution in [3.05, 3.63) is 35.9 Å². The lowest BCUT2D eigenvalue weighted by Gasteiger charge is -2.17. The molecule has 0 aliphatic heterocycles. The maximum Gasteiger partial charge on any atom is 0.191 e. The molecule has 176 valence electrons. The van der Waals surface area contributed by atoms with E-state index in [1.807, 2.05) is 13.1 Å². The van der Waals surface area contributed by atoms with Crippen LogP contribution in [0.5, 0.6) is 0 Å². The summed E-state index contributed by atoms with van der Waals surface area (Å²) in [6.07, 6.45) is 0.931. The van der Waals surface area contributed by atoms with Crippen LogP contribution in [0.25, 0.3) is 11.2 Å². The molecule has 0 spiro atoms. The third-order valence-corrected chi connectivity index (χ3v) is 7.68. The van der Waals surface area contributed by atoms with Crippen molar-refractivity contribution >= 4 is 28.7 Å². The Hall–Kier alpha value is -2.27. The highest BCUT2D eigenvalue weighted by atomic mass is 32.2. The van der Waals surface area contributed by atoms with Crippen LogP contribution in [0.2, 0.25) is 0 Å². The maximum atomic E-state index is 10.8. The lowest BCUT2D eigenvalue weighted by atomic mass is 10.1. The monoisotopic (exact) mass is 469 g/mol. The molecule has 5 rings (SSSR count). The fourth-order valence-electron chi connectivity index (χ4n) is 4.80. The SMILES string of the molecule is CCCSc1nc(NC2CC2c2ccccc2)c2nnn(C3CC(CNC)C(O)C3O)c2n1. The van der Waals surface area contributed by atoms with Gasteiger partial charge < -0.3 is 20.8 Å². The number of fused-ring (bicyclic) bond motifs is 1. The Morgan fingerprint density at radius 1 is 1.12 bits per heavy atom. The van der Waals surface area contributed by atoms with E-state index in [4.69, 9.17) is 9.97 Å². The summed E-state index contributed by atoms with van der Waals surface area (Å²) in [6, 6.07) is 10.4. The molecule has 0 amide bonds. The Kier molecular flexibility index (Phi) is 6.51. The summed E-state index contributed by atoms with van der Waals surface area (Å²) in [5.41, 5.74) is 2.53. The molecule has 0 bridgehead atoms. The molecule has 2 aromatic heterocycles. The lowest BCUT2D eigenvalue weighted by Crippen LogP contribution is -2.33. The normalized spacial score (nSPS) is 29.0. The average Bonchev–Trinajstić information content (AvgIpc) is 3.39. The highest BCUT2D eigenvalue weighted by Gasteiger charge is 2.44. The molecule has 2 aliphatic carbocycles. The molecule has 2 heterocycles. The van der Waals surface area contributed by atoms with Crippen molar-refractivity contribution in [2.45, 2.75) is 61.6 Å². The predicted molar refractivity (Wildman–Crippen MR) is 128 cm³/mol. The molecule has 4 N–H and O–H groups in total. The molecule has 1 aromatic carbocycles. The first kappa shape index (κ1) is 22.5. The average molecular weight is 470 g/mol. The highest BCUT2D eigenvalue weighted by Crippen LogP contribution is 2.43. The third-order valence-electron chi connectivity index (χ3n) is 6.63. The van der Waals surface area contributed by atoms with Crippen molar-refractivity contribution < 1.29 is 10.2 Å². The van der Waals surface area contributed by atoms with Crippen LogP contribution in [0.15, 0.2) is 35.5 Å². The molecule has 0 saturated heterocycles. The fourth-order valence-corrected chi connectivity index (χ4v) is 5.49. The van der Waals surface area contributed by atoms with Crippen molar-refractivity contribution in [2.24, 2.45) is 5.92 Å². The van der Waals surface area contributed by atoms with E-state index in [1.165, 1.54) is 5.56 Å². The summed E-state index contributed by atoms with van der Waals surface area (Å²) in [5, 5.41) is 37.4. The van der Waals surface area contributed by atoms with Gasteiger partial charge in [0.15, 0.2) is 22.1 Å². The van der Waals surface area contributed by atoms with E-state index in [9.17, 15) is 10.2 Å². The Labute approximate surface area is 197 Å². The highest BCUT2D eigenvalue weighted by molar-refractivity contribution is 7.99. The van der Waals surface area contributed by atoms with Crippen molar-refractivity contribution in [3.8, 4) is 0 Å². The van der Waals surface area contributed by atoms with Crippen molar-refractivity contribution in [2.75, 3.05) is 24.7 Å². The number of hydrogen-bond donors (Lipinski definition) is 4. The zero-order valence-corrected chi connectivity index (χ0v) is 19.7. The Bertz CT molecular complexity index is 1100. The zero-order valence-electron chi connectivity index (χ0n) is 18.9. The minimum atomic E-state index is -0.919. The van der Waals surface area contributed by atoms with Gasteiger partial charge >= 0.3 is 0 Å². The number of nitrogens with zero attached hydrogens (tertiary/aromatic N) is 5. The number of aliphatic hydroxyl groups excluding tert-OH is 2. The number of aliphatic hydroxyl groups is 2. The van der Waals surface area contributed by atoms with E-state index < -0.39 is 12.2 Å². The van der Waals surface area contributed by atoms with E-state index >= 15 is 0 Å². The van der Waals surface area contributed by atoms with E-state index in [0.717, 1.165) is 18.6 Å². The summed E-state index contributed by atoms with van der Waals surface area (Å²) in [5.74, 6) is 2.00. The van der Waals surface area contributed by atoms with Crippen LogP contribution in [-0.4, -0.2) is 72.8 Å². The van der Waals surface area contributed by atoms with E-state index in [-0.39, 0.29) is 12.0 Å². The first-order valence-electron chi connectivity index (χ1n) is 11.7. The van der Waals surface area contributed by atoms with Crippen LogP contribution in [0.4, 0.5) is 5.82 Å². The van der Waals surface area contributed by atoms with Gasteiger partial charge in [0.05, 0.1) is 12.1 Å². The van der Waals surface area contributed by atoms with Gasteiger partial charge in [-0.15, -0.1) is 5.10 Å². The van der Waals surface area contributed by atoms with Crippen LogP contribution in [-0.2, 0) is 0 Å². The molecule has 3 aromatic rings. The van der Waals surface area contributed by atoms with Crippen LogP contribution in [0, 0.1) is 5.92 Å². The van der Waals surface area contributed by atoms with Gasteiger partial charge in [-0.1, -0.05) is 54.2 Å². The number of nitrogens with one attached hydrogen (secondary N) is 2. The summed E-state index contributed by atoms with van der Waals surface area (Å²) in [4.78, 5) is 9.52. The number of benzene rings is 1. The first-order chi connectivity index (χ1) is 16.1. The molecule has 2 aliphatic rings. The molecule has 10 heteroatoms. The van der Waals surface area contributed by atoms with Crippen LogP contribution < -0.4 is 10.6 Å². The quantitative estimate of drug-likeness (QED) is 0.276. The molecule has 2 fully saturated rings. The van der Waals surface area contributed by atoms with Gasteiger partial charge in [-0.3, -0.25) is 0 Å². The van der Waals surface area contributed by atoms with Gasteiger partial charge in [-0.05, 0) is 31.9 Å². The number of hydrogen-bond acceptors (Lipinski definition) is 9. The first-order valence-corrected chi connectivity index (χ1v) is 12.7. The number of anilines is 1. The maximum absolute atomic E-state index is 10.8. The molecule has 2 saturated carbocycles. The van der Waals surface area contributed by atoms with E-state index in [0.29, 0.717) is 47.1 Å². The van der Waals surface area contributed by atoms with Gasteiger partial charge in [0, 0.05) is 30.2 Å².